The average molecular weight is 836 g/mol. The molecule has 2 aromatic rings. The molecule has 15 heteroatoms. The van der Waals surface area contributed by atoms with Gasteiger partial charge in [-0.1, -0.05) is 80.9 Å². The number of nitrogens with zero attached hydrogens (tertiary/aromatic N) is 2. The summed E-state index contributed by atoms with van der Waals surface area (Å²) in [6.45, 7) is 9.34. The van der Waals surface area contributed by atoms with Crippen LogP contribution >= 0.6 is 0 Å². The fourth-order valence-corrected chi connectivity index (χ4v) is 7.41. The summed E-state index contributed by atoms with van der Waals surface area (Å²) >= 11 is 0. The van der Waals surface area contributed by atoms with Gasteiger partial charge in [0.05, 0.1) is 12.6 Å². The van der Waals surface area contributed by atoms with Crippen molar-refractivity contribution in [2.24, 2.45) is 23.5 Å². The number of amides is 4. The standard InChI is InChI=1S/C45H65N5O10/c1-31(2)26-37(38(52)29-34(18-12-13-22-46)40(54)49-24-20-45(21-25-49,41(55)56)48-42(57)58)47-39(53)35(27-33-16-10-7-11-17-33)28-36(51)30-50(43(59)60-44(3,4)5)23-19-32-14-8-6-9-15-32/h6-11,14-17,31,34-35,37,48H,12-13,18-30,46H2,1-5H3,(H,47,53)(H,55,56)(H,57,58)/t34-,35-,37+/m0/s1. The summed E-state index contributed by atoms with van der Waals surface area (Å²) in [5.74, 6) is -4.58. The van der Waals surface area contributed by atoms with Gasteiger partial charge >= 0.3 is 18.2 Å². The lowest BCUT2D eigenvalue weighted by molar-refractivity contribution is -0.150. The molecule has 0 radical (unpaired) electrons. The molecule has 60 heavy (non-hydrogen) atoms. The molecule has 1 fully saturated rings. The van der Waals surface area contributed by atoms with Gasteiger partial charge in [-0.3, -0.25) is 19.2 Å². The third-order valence-electron chi connectivity index (χ3n) is 10.6. The number of rotatable bonds is 23. The molecule has 6 N–H and O–H groups in total. The van der Waals surface area contributed by atoms with E-state index in [0.717, 1.165) is 11.1 Å². The summed E-state index contributed by atoms with van der Waals surface area (Å²) in [6.07, 6.45) is -0.335. The lowest BCUT2D eigenvalue weighted by atomic mass is 9.85. The Morgan fingerprint density at radius 3 is 2.00 bits per heavy atom. The maximum atomic E-state index is 14.3. The minimum Gasteiger partial charge on any atom is -0.480 e. The van der Waals surface area contributed by atoms with Crippen molar-refractivity contribution >= 4 is 41.5 Å². The van der Waals surface area contributed by atoms with Gasteiger partial charge in [-0.2, -0.15) is 0 Å². The summed E-state index contributed by atoms with van der Waals surface area (Å²) in [5.41, 5.74) is 5.00. The highest BCUT2D eigenvalue weighted by Crippen LogP contribution is 2.27. The number of carbonyl (C=O) groups is 7. The Bertz CT molecular complexity index is 1740. The van der Waals surface area contributed by atoms with Crippen LogP contribution in [0.25, 0.3) is 0 Å². The van der Waals surface area contributed by atoms with E-state index in [4.69, 9.17) is 10.5 Å². The Hall–Kier alpha value is -5.31. The normalized spacial score (nSPS) is 15.3. The van der Waals surface area contributed by atoms with Crippen LogP contribution in [0.1, 0.15) is 97.1 Å². The third kappa shape index (κ3) is 16.4. The predicted molar refractivity (Wildman–Crippen MR) is 226 cm³/mol. The molecule has 15 nitrogen and oxygen atoms in total. The molecular formula is C45H65N5O10. The molecule has 4 amide bonds. The van der Waals surface area contributed by atoms with E-state index in [9.17, 15) is 43.8 Å². The second-order valence-corrected chi connectivity index (χ2v) is 17.3. The molecule has 330 valence electrons. The highest BCUT2D eigenvalue weighted by atomic mass is 16.6. The Balaban J connectivity index is 1.82. The maximum absolute atomic E-state index is 14.3. The van der Waals surface area contributed by atoms with Gasteiger partial charge in [-0.15, -0.1) is 0 Å². The number of nitrogens with two attached hydrogens (primary N) is 1. The van der Waals surface area contributed by atoms with Crippen LogP contribution in [0.5, 0.6) is 0 Å². The first-order chi connectivity index (χ1) is 28.3. The quantitative estimate of drug-likeness (QED) is 0.0911. The first kappa shape index (κ1) is 49.1. The Morgan fingerprint density at radius 1 is 0.867 bits per heavy atom. The number of carboxylic acid groups (broad SMARTS) is 2. The number of Topliss-reactive ketones (excluding diaryl/α,β-unsaturated/α-hetero) is 2. The van der Waals surface area contributed by atoms with Crippen LogP contribution < -0.4 is 16.4 Å². The SMILES string of the molecule is CC(C)C[C@@H](NC(=O)[C@H](CC(=O)CN(CCc1ccccc1)C(=O)OC(C)(C)C)Cc1ccccc1)C(=O)C[C@H](CCCCN)C(=O)N1CCC(NC(=O)O)(C(=O)O)CC1. The molecule has 3 rings (SSSR count). The highest BCUT2D eigenvalue weighted by molar-refractivity contribution is 5.95. The maximum Gasteiger partial charge on any atom is 0.410 e. The van der Waals surface area contributed by atoms with Crippen molar-refractivity contribution in [2.45, 2.75) is 116 Å². The Kier molecular flexibility index (Phi) is 19.2. The van der Waals surface area contributed by atoms with Crippen LogP contribution in [0.2, 0.25) is 0 Å². The van der Waals surface area contributed by atoms with Gasteiger partial charge in [-0.05, 0) is 89.3 Å². The highest BCUT2D eigenvalue weighted by Gasteiger charge is 2.45. The van der Waals surface area contributed by atoms with E-state index >= 15 is 0 Å². The fraction of sp³-hybridized carbons (Fsp3) is 0.578. The molecule has 0 bridgehead atoms. The lowest BCUT2D eigenvalue weighted by Crippen LogP contribution is -2.60. The van der Waals surface area contributed by atoms with Crippen molar-refractivity contribution in [1.82, 2.24) is 20.4 Å². The van der Waals surface area contributed by atoms with Gasteiger partial charge in [0, 0.05) is 44.3 Å². The van der Waals surface area contributed by atoms with Crippen molar-refractivity contribution in [2.75, 3.05) is 32.7 Å². The minimum absolute atomic E-state index is 0.0219. The zero-order valence-electron chi connectivity index (χ0n) is 35.8. The van der Waals surface area contributed by atoms with Crippen LogP contribution in [0.15, 0.2) is 60.7 Å². The molecule has 2 aromatic carbocycles. The first-order valence-corrected chi connectivity index (χ1v) is 21.0. The number of nitrogens with one attached hydrogen (secondary N) is 2. The summed E-state index contributed by atoms with van der Waals surface area (Å²) in [4.78, 5) is 95.8. The van der Waals surface area contributed by atoms with Crippen LogP contribution in [0, 0.1) is 17.8 Å². The van der Waals surface area contributed by atoms with Crippen molar-refractivity contribution in [3.8, 4) is 0 Å². The van der Waals surface area contributed by atoms with Crippen molar-refractivity contribution < 1.29 is 48.5 Å². The molecule has 1 aliphatic heterocycles. The van der Waals surface area contributed by atoms with Gasteiger partial charge in [0.15, 0.2) is 11.6 Å². The van der Waals surface area contributed by atoms with E-state index in [1.807, 2.05) is 74.5 Å². The minimum atomic E-state index is -1.73. The van der Waals surface area contributed by atoms with Crippen LogP contribution in [-0.4, -0.2) is 111 Å². The van der Waals surface area contributed by atoms with Crippen molar-refractivity contribution in [3.63, 3.8) is 0 Å². The number of ketones is 2. The second-order valence-electron chi connectivity index (χ2n) is 17.3. The van der Waals surface area contributed by atoms with Crippen molar-refractivity contribution in [3.05, 3.63) is 71.8 Å². The number of aliphatic carboxylic acids is 1. The van der Waals surface area contributed by atoms with Crippen LogP contribution in [0.4, 0.5) is 9.59 Å². The number of ether oxygens (including phenoxy) is 1. The van der Waals surface area contributed by atoms with E-state index in [0.29, 0.717) is 32.2 Å². The summed E-state index contributed by atoms with van der Waals surface area (Å²) in [7, 11) is 0. The third-order valence-corrected chi connectivity index (χ3v) is 10.6. The topological polar surface area (TPSA) is 226 Å². The molecule has 0 aromatic heterocycles. The summed E-state index contributed by atoms with van der Waals surface area (Å²) in [6, 6.07) is 17.8. The van der Waals surface area contributed by atoms with E-state index in [-0.39, 0.29) is 88.1 Å². The number of benzene rings is 2. The molecule has 0 saturated carbocycles. The first-order valence-electron chi connectivity index (χ1n) is 21.0. The number of carbonyl (C=O) groups excluding carboxylic acids is 5. The van der Waals surface area contributed by atoms with Crippen LogP contribution in [-0.2, 0) is 41.6 Å². The molecule has 1 saturated heterocycles. The van der Waals surface area contributed by atoms with Gasteiger partial charge < -0.3 is 41.1 Å². The van der Waals surface area contributed by atoms with Gasteiger partial charge in [-0.25, -0.2) is 14.4 Å². The molecule has 0 aliphatic carbocycles. The zero-order chi connectivity index (χ0) is 44.5. The van der Waals surface area contributed by atoms with E-state index in [2.05, 4.69) is 10.6 Å². The number of piperidine rings is 1. The summed E-state index contributed by atoms with van der Waals surface area (Å²) < 4.78 is 5.64. The van der Waals surface area contributed by atoms with E-state index in [1.165, 1.54) is 9.80 Å². The molecular weight excluding hydrogens is 771 g/mol. The average Bonchev–Trinajstić information content (AvgIpc) is 3.18. The molecule has 1 heterocycles. The molecule has 0 spiro atoms. The Morgan fingerprint density at radius 2 is 1.47 bits per heavy atom. The van der Waals surface area contributed by atoms with E-state index in [1.54, 1.807) is 20.8 Å². The summed E-state index contributed by atoms with van der Waals surface area (Å²) in [5, 5.41) is 24.1. The van der Waals surface area contributed by atoms with Crippen molar-refractivity contribution in [1.29, 1.82) is 0 Å². The van der Waals surface area contributed by atoms with Crippen LogP contribution in [0.3, 0.4) is 0 Å². The molecule has 3 atom stereocenters. The zero-order valence-corrected chi connectivity index (χ0v) is 35.8. The number of hydrogen-bond donors (Lipinski definition) is 5. The smallest absolute Gasteiger partial charge is 0.410 e. The fourth-order valence-electron chi connectivity index (χ4n) is 7.41. The van der Waals surface area contributed by atoms with Gasteiger partial charge in [0.25, 0.3) is 0 Å². The number of unbranched alkanes of at least 4 members (excludes halogenated alkanes) is 1. The molecule has 1 aliphatic rings. The van der Waals surface area contributed by atoms with Gasteiger partial charge in [0.1, 0.15) is 11.1 Å². The largest absolute Gasteiger partial charge is 0.480 e. The Labute approximate surface area is 353 Å². The number of carboxylic acids is 1. The van der Waals surface area contributed by atoms with E-state index < -0.39 is 53.1 Å². The monoisotopic (exact) mass is 835 g/mol. The lowest BCUT2D eigenvalue weighted by Gasteiger charge is -2.39. The second kappa shape index (κ2) is 23.5. The number of likely N-dealkylation sites (tertiary alicyclic amines) is 1. The molecule has 0 unspecified atom stereocenters. The predicted octanol–water partition coefficient (Wildman–Crippen LogP) is 5.23. The van der Waals surface area contributed by atoms with Gasteiger partial charge in [0.2, 0.25) is 11.8 Å². The number of hydrogen-bond acceptors (Lipinski definition) is 9.